The highest BCUT2D eigenvalue weighted by Gasteiger charge is 2.49. The first-order valence-corrected chi connectivity index (χ1v) is 17.6. The van der Waals surface area contributed by atoms with E-state index < -0.39 is 8.32 Å². The van der Waals surface area contributed by atoms with Gasteiger partial charge in [-0.2, -0.15) is 0 Å². The number of hydrogen-bond acceptors (Lipinski definition) is 6. The van der Waals surface area contributed by atoms with Gasteiger partial charge in [-0.15, -0.1) is 22.0 Å². The summed E-state index contributed by atoms with van der Waals surface area (Å²) in [5.41, 5.74) is 1.99. The third kappa shape index (κ3) is 7.73. The van der Waals surface area contributed by atoms with Gasteiger partial charge in [-0.3, -0.25) is 0 Å². The van der Waals surface area contributed by atoms with Gasteiger partial charge in [0.15, 0.2) is 0 Å². The zero-order chi connectivity index (χ0) is 30.0. The number of aromatic nitrogens is 2. The van der Waals surface area contributed by atoms with E-state index in [4.69, 9.17) is 13.6 Å². The van der Waals surface area contributed by atoms with Gasteiger partial charge in [-0.1, -0.05) is 124 Å². The van der Waals surface area contributed by atoms with Crippen LogP contribution in [0.5, 0.6) is 5.75 Å². The van der Waals surface area contributed by atoms with Crippen molar-refractivity contribution in [2.24, 2.45) is 0 Å². The zero-order valence-corrected chi connectivity index (χ0v) is 26.8. The van der Waals surface area contributed by atoms with Crippen LogP contribution in [0.3, 0.4) is 0 Å². The van der Waals surface area contributed by atoms with E-state index in [9.17, 15) is 0 Å². The molecule has 0 N–H and O–H groups in total. The van der Waals surface area contributed by atoms with Crippen LogP contribution >= 0.6 is 11.8 Å². The highest BCUT2D eigenvalue weighted by atomic mass is 32.2. The topological polar surface area (TPSA) is 57.4 Å². The largest absolute Gasteiger partial charge is 0.493 e. The number of benzene rings is 4. The van der Waals surface area contributed by atoms with Gasteiger partial charge in [0.1, 0.15) is 5.75 Å². The van der Waals surface area contributed by atoms with E-state index in [0.29, 0.717) is 30.7 Å². The molecule has 7 heteroatoms. The second kappa shape index (κ2) is 14.5. The normalized spacial score (nSPS) is 12.1. The lowest BCUT2D eigenvalue weighted by molar-refractivity contribution is 0.340. The van der Waals surface area contributed by atoms with E-state index >= 15 is 0 Å². The van der Waals surface area contributed by atoms with Crippen molar-refractivity contribution < 1.29 is 13.6 Å². The van der Waals surface area contributed by atoms with Crippen molar-refractivity contribution in [3.05, 3.63) is 133 Å². The third-order valence-electron chi connectivity index (χ3n) is 7.21. The summed E-state index contributed by atoms with van der Waals surface area (Å²) in [6.45, 7) is 8.04. The number of ether oxygens (including phenoxy) is 1. The summed E-state index contributed by atoms with van der Waals surface area (Å²) in [4.78, 5) is 0. The molecule has 220 valence electrons. The Hall–Kier alpha value is -3.91. The van der Waals surface area contributed by atoms with Crippen LogP contribution in [0.25, 0.3) is 17.5 Å². The van der Waals surface area contributed by atoms with Crippen molar-refractivity contribution in [1.29, 1.82) is 0 Å². The Morgan fingerprint density at radius 2 is 1.37 bits per heavy atom. The van der Waals surface area contributed by atoms with Gasteiger partial charge in [-0.25, -0.2) is 0 Å². The quantitative estimate of drug-likeness (QED) is 0.101. The molecule has 0 aliphatic heterocycles. The molecule has 0 amide bonds. The molecular formula is C36H38N2O3SSi. The van der Waals surface area contributed by atoms with Crippen LogP contribution in [0.15, 0.2) is 126 Å². The summed E-state index contributed by atoms with van der Waals surface area (Å²) < 4.78 is 18.6. The molecule has 0 atom stereocenters. The summed E-state index contributed by atoms with van der Waals surface area (Å²) in [7, 11) is -2.56. The summed E-state index contributed by atoms with van der Waals surface area (Å²) in [5.74, 6) is 3.52. The maximum absolute atomic E-state index is 6.96. The van der Waals surface area contributed by atoms with Crippen LogP contribution in [0.1, 0.15) is 32.2 Å². The molecule has 0 saturated heterocycles. The van der Waals surface area contributed by atoms with Crippen molar-refractivity contribution in [3.8, 4) is 17.2 Å². The lowest BCUT2D eigenvalue weighted by atomic mass is 10.1. The fraction of sp³-hybridized carbons (Fsp3) is 0.222. The number of rotatable bonds is 13. The molecule has 5 nitrogen and oxygen atoms in total. The molecule has 0 spiro atoms. The minimum Gasteiger partial charge on any atom is -0.493 e. The first kappa shape index (κ1) is 30.5. The second-order valence-electron chi connectivity index (χ2n) is 11.2. The Balaban J connectivity index is 1.18. The van der Waals surface area contributed by atoms with Crippen molar-refractivity contribution in [3.63, 3.8) is 0 Å². The van der Waals surface area contributed by atoms with Gasteiger partial charge in [0.25, 0.3) is 8.32 Å². The lowest BCUT2D eigenvalue weighted by Crippen LogP contribution is -2.66. The second-order valence-corrected chi connectivity index (χ2v) is 16.6. The van der Waals surface area contributed by atoms with E-state index in [0.717, 1.165) is 22.6 Å². The van der Waals surface area contributed by atoms with Gasteiger partial charge in [0.2, 0.25) is 11.8 Å². The molecule has 0 fully saturated rings. The molecule has 4 aromatic carbocycles. The molecule has 43 heavy (non-hydrogen) atoms. The molecule has 0 radical (unpaired) electrons. The van der Waals surface area contributed by atoms with Crippen molar-refractivity contribution in [2.75, 3.05) is 19.0 Å². The Bertz CT molecular complexity index is 1530. The van der Waals surface area contributed by atoms with Crippen LogP contribution in [-0.2, 0) is 10.2 Å². The predicted octanol–water partition coefficient (Wildman–Crippen LogP) is 7.64. The van der Waals surface area contributed by atoms with Gasteiger partial charge in [-0.05, 0) is 45.2 Å². The Morgan fingerprint density at radius 1 is 0.767 bits per heavy atom. The van der Waals surface area contributed by atoms with Gasteiger partial charge in [0.05, 0.1) is 19.0 Å². The van der Waals surface area contributed by atoms with Crippen LogP contribution in [0.4, 0.5) is 0 Å². The standard InChI is InChI=1S/C36H38N2O3SSi/c1-36(2,3)43(32-17-9-5-10-18-32,33-19-11-6-12-20-33)40-25-13-14-29-21-23-30(24-22-29)35-38-37-34(41-35)28-42-27-26-39-31-15-7-4-8-16-31/h4-24H,25-28H2,1-3H3. The maximum atomic E-state index is 6.96. The number of para-hydroxylation sites is 1. The summed E-state index contributed by atoms with van der Waals surface area (Å²) in [6, 6.07) is 39.4. The first-order valence-electron chi connectivity index (χ1n) is 14.6. The third-order valence-corrected chi connectivity index (χ3v) is 13.1. The highest BCUT2D eigenvalue weighted by molar-refractivity contribution is 7.98. The summed E-state index contributed by atoms with van der Waals surface area (Å²) in [6.07, 6.45) is 4.22. The fourth-order valence-corrected chi connectivity index (χ4v) is 10.3. The van der Waals surface area contributed by atoms with Crippen molar-refractivity contribution in [1.82, 2.24) is 10.2 Å². The zero-order valence-electron chi connectivity index (χ0n) is 25.0. The minimum atomic E-state index is -2.56. The predicted molar refractivity (Wildman–Crippen MR) is 180 cm³/mol. The molecule has 5 aromatic rings. The van der Waals surface area contributed by atoms with Crippen LogP contribution < -0.4 is 15.1 Å². The number of nitrogens with zero attached hydrogens (tertiary/aromatic N) is 2. The van der Waals surface area contributed by atoms with Crippen molar-refractivity contribution in [2.45, 2.75) is 31.6 Å². The average Bonchev–Trinajstić information content (AvgIpc) is 3.51. The molecule has 0 saturated carbocycles. The van der Waals surface area contributed by atoms with Gasteiger partial charge < -0.3 is 13.6 Å². The Labute approximate surface area is 260 Å². The van der Waals surface area contributed by atoms with E-state index in [1.807, 2.05) is 42.5 Å². The molecule has 0 aliphatic rings. The number of hydrogen-bond donors (Lipinski definition) is 0. The van der Waals surface area contributed by atoms with Crippen LogP contribution in [0, 0.1) is 0 Å². The molecule has 1 aromatic heterocycles. The van der Waals surface area contributed by atoms with Crippen LogP contribution in [-0.4, -0.2) is 37.5 Å². The number of thioether (sulfide) groups is 1. The van der Waals surface area contributed by atoms with Gasteiger partial charge >= 0.3 is 0 Å². The summed E-state index contributed by atoms with van der Waals surface area (Å²) >= 11 is 1.71. The average molecular weight is 607 g/mol. The fourth-order valence-electron chi connectivity index (χ4n) is 5.18. The highest BCUT2D eigenvalue weighted by Crippen LogP contribution is 2.36. The first-order chi connectivity index (χ1) is 21.0. The molecule has 0 aliphatic carbocycles. The molecule has 5 rings (SSSR count). The molecule has 0 bridgehead atoms. The molecule has 1 heterocycles. The lowest BCUT2D eigenvalue weighted by Gasteiger charge is -2.42. The van der Waals surface area contributed by atoms with E-state index in [-0.39, 0.29) is 5.04 Å². The van der Waals surface area contributed by atoms with Crippen molar-refractivity contribution >= 4 is 36.5 Å². The molecule has 0 unspecified atom stereocenters. The monoisotopic (exact) mass is 606 g/mol. The van der Waals surface area contributed by atoms with Gasteiger partial charge in [0, 0.05) is 11.3 Å². The maximum Gasteiger partial charge on any atom is 0.261 e. The molecular weight excluding hydrogens is 569 g/mol. The summed E-state index contributed by atoms with van der Waals surface area (Å²) in [5, 5.41) is 11.0. The Kier molecular flexibility index (Phi) is 10.3. The Morgan fingerprint density at radius 3 is 1.98 bits per heavy atom. The van der Waals surface area contributed by atoms with E-state index in [1.165, 1.54) is 10.4 Å². The SMILES string of the molecule is CC(C)(C)[Si](OCC=Cc1ccc(-c2nnc(CSCCOc3ccccc3)o2)cc1)(c1ccccc1)c1ccccc1. The smallest absolute Gasteiger partial charge is 0.261 e. The van der Waals surface area contributed by atoms with E-state index in [2.05, 4.69) is 116 Å². The van der Waals surface area contributed by atoms with Crippen LogP contribution in [0.2, 0.25) is 5.04 Å². The minimum absolute atomic E-state index is 0.0530. The van der Waals surface area contributed by atoms with E-state index in [1.54, 1.807) is 11.8 Å².